The third-order valence-corrected chi connectivity index (χ3v) is 10.2. The van der Waals surface area contributed by atoms with Gasteiger partial charge in [-0.15, -0.1) is 0 Å². The van der Waals surface area contributed by atoms with Gasteiger partial charge in [0.1, 0.15) is 0 Å². The van der Waals surface area contributed by atoms with Crippen LogP contribution >= 0.6 is 0 Å². The number of rotatable bonds is 3. The molecule has 0 spiro atoms. The zero-order valence-electron chi connectivity index (χ0n) is 26.3. The Kier molecular flexibility index (Phi) is 5.98. The molecule has 0 amide bonds. The molecule has 0 heterocycles. The predicted molar refractivity (Wildman–Crippen MR) is 208 cm³/mol. The Hall–Kier alpha value is -6.24. The summed E-state index contributed by atoms with van der Waals surface area (Å²) < 4.78 is 0. The Morgan fingerprint density at radius 3 is 1.38 bits per heavy atom. The first kappa shape index (κ1) is 26.9. The number of hydrogen-bond acceptors (Lipinski definition) is 0. The molecule has 0 N–H and O–H groups in total. The zero-order chi connectivity index (χ0) is 31.6. The van der Waals surface area contributed by atoms with Crippen molar-refractivity contribution in [1.82, 2.24) is 0 Å². The third kappa shape index (κ3) is 4.31. The van der Waals surface area contributed by atoms with Crippen LogP contribution < -0.4 is 0 Å². The molecule has 10 aromatic rings. The second-order valence-corrected chi connectivity index (χ2v) is 12.9. The minimum absolute atomic E-state index is 1.23. The molecule has 0 saturated heterocycles. The van der Waals surface area contributed by atoms with Gasteiger partial charge in [0, 0.05) is 0 Å². The molecule has 0 aliphatic heterocycles. The van der Waals surface area contributed by atoms with Gasteiger partial charge in [0.05, 0.1) is 0 Å². The summed E-state index contributed by atoms with van der Waals surface area (Å²) in [6, 6.07) is 67.2. The molecular weight excluding hydrogens is 577 g/mol. The summed E-state index contributed by atoms with van der Waals surface area (Å²) in [6.07, 6.45) is 0. The monoisotopic (exact) mass is 606 g/mol. The molecule has 0 unspecified atom stereocenters. The van der Waals surface area contributed by atoms with E-state index in [1.807, 2.05) is 0 Å². The van der Waals surface area contributed by atoms with Crippen molar-refractivity contribution in [2.24, 2.45) is 0 Å². The number of benzene rings is 10. The van der Waals surface area contributed by atoms with Gasteiger partial charge in [0.25, 0.3) is 0 Å². The maximum atomic E-state index is 2.41. The smallest absolute Gasteiger partial charge is 0.00264 e. The van der Waals surface area contributed by atoms with Crippen LogP contribution in [0.15, 0.2) is 182 Å². The van der Waals surface area contributed by atoms with Crippen molar-refractivity contribution in [3.8, 4) is 33.4 Å². The Labute approximate surface area is 279 Å². The second kappa shape index (κ2) is 10.7. The Bertz CT molecular complexity index is 2890. The molecule has 0 radical (unpaired) electrons. The minimum Gasteiger partial charge on any atom is -0.0616 e. The molecule has 0 fully saturated rings. The Morgan fingerprint density at radius 2 is 0.646 bits per heavy atom. The Balaban J connectivity index is 1.14. The van der Waals surface area contributed by atoms with Crippen LogP contribution in [-0.4, -0.2) is 0 Å². The van der Waals surface area contributed by atoms with Crippen LogP contribution in [0.3, 0.4) is 0 Å². The molecule has 48 heavy (non-hydrogen) atoms. The van der Waals surface area contributed by atoms with Crippen LogP contribution in [0.1, 0.15) is 0 Å². The van der Waals surface area contributed by atoms with Crippen LogP contribution in [0.25, 0.3) is 98.0 Å². The van der Waals surface area contributed by atoms with Gasteiger partial charge in [-0.3, -0.25) is 0 Å². The van der Waals surface area contributed by atoms with Crippen LogP contribution in [0.4, 0.5) is 0 Å². The van der Waals surface area contributed by atoms with Crippen molar-refractivity contribution in [2.75, 3.05) is 0 Å². The van der Waals surface area contributed by atoms with E-state index in [0.29, 0.717) is 0 Å². The average Bonchev–Trinajstić information content (AvgIpc) is 3.16. The SMILES string of the molecule is c1ccc2cc(-c3ccc4cc(-c5cc(-c6cc7ccc8ccccc8c7c7ccccc67)c6ccccc6c5)ccc4c3)ccc2c1. The van der Waals surface area contributed by atoms with Crippen LogP contribution in [0.2, 0.25) is 0 Å². The molecular formula is C48H30. The van der Waals surface area contributed by atoms with Crippen molar-refractivity contribution < 1.29 is 0 Å². The fourth-order valence-electron chi connectivity index (χ4n) is 7.78. The first-order valence-electron chi connectivity index (χ1n) is 16.7. The van der Waals surface area contributed by atoms with E-state index < -0.39 is 0 Å². The maximum Gasteiger partial charge on any atom is -0.00264 e. The maximum absolute atomic E-state index is 2.41. The largest absolute Gasteiger partial charge is 0.0616 e. The zero-order valence-corrected chi connectivity index (χ0v) is 26.3. The van der Waals surface area contributed by atoms with Crippen molar-refractivity contribution in [3.63, 3.8) is 0 Å². The molecule has 0 aliphatic rings. The van der Waals surface area contributed by atoms with Crippen LogP contribution in [-0.2, 0) is 0 Å². The molecule has 0 heteroatoms. The summed E-state index contributed by atoms with van der Waals surface area (Å²) >= 11 is 0. The summed E-state index contributed by atoms with van der Waals surface area (Å²) in [4.78, 5) is 0. The summed E-state index contributed by atoms with van der Waals surface area (Å²) in [5, 5.41) is 15.3. The van der Waals surface area contributed by atoms with E-state index >= 15 is 0 Å². The van der Waals surface area contributed by atoms with E-state index in [1.54, 1.807) is 0 Å². The average molecular weight is 607 g/mol. The van der Waals surface area contributed by atoms with Gasteiger partial charge in [-0.1, -0.05) is 146 Å². The van der Waals surface area contributed by atoms with Crippen molar-refractivity contribution in [2.45, 2.75) is 0 Å². The van der Waals surface area contributed by atoms with Gasteiger partial charge in [-0.05, 0) is 134 Å². The van der Waals surface area contributed by atoms with Gasteiger partial charge in [-0.25, -0.2) is 0 Å². The molecule has 0 nitrogen and oxygen atoms in total. The van der Waals surface area contributed by atoms with Gasteiger partial charge < -0.3 is 0 Å². The lowest BCUT2D eigenvalue weighted by molar-refractivity contribution is 1.64. The summed E-state index contributed by atoms with van der Waals surface area (Å²) in [7, 11) is 0. The van der Waals surface area contributed by atoms with E-state index in [4.69, 9.17) is 0 Å². The van der Waals surface area contributed by atoms with Gasteiger partial charge >= 0.3 is 0 Å². The van der Waals surface area contributed by atoms with Gasteiger partial charge in [0.2, 0.25) is 0 Å². The third-order valence-electron chi connectivity index (χ3n) is 10.2. The quantitative estimate of drug-likeness (QED) is 0.176. The lowest BCUT2D eigenvalue weighted by atomic mass is 9.87. The lowest BCUT2D eigenvalue weighted by Crippen LogP contribution is -1.89. The van der Waals surface area contributed by atoms with E-state index in [1.165, 1.54) is 98.0 Å². The van der Waals surface area contributed by atoms with Gasteiger partial charge in [-0.2, -0.15) is 0 Å². The highest BCUT2D eigenvalue weighted by Gasteiger charge is 2.15. The summed E-state index contributed by atoms with van der Waals surface area (Å²) in [6.45, 7) is 0. The predicted octanol–water partition coefficient (Wildman–Crippen LogP) is 13.6. The molecule has 0 bridgehead atoms. The molecule has 0 aromatic heterocycles. The minimum atomic E-state index is 1.23. The highest BCUT2D eigenvalue weighted by Crippen LogP contribution is 2.42. The fraction of sp³-hybridized carbons (Fsp3) is 0. The molecule has 0 aliphatic carbocycles. The summed E-state index contributed by atoms with van der Waals surface area (Å²) in [5.74, 6) is 0. The molecule has 10 rings (SSSR count). The highest BCUT2D eigenvalue weighted by molar-refractivity contribution is 6.24. The molecule has 222 valence electrons. The van der Waals surface area contributed by atoms with Gasteiger partial charge in [0.15, 0.2) is 0 Å². The fourth-order valence-corrected chi connectivity index (χ4v) is 7.78. The second-order valence-electron chi connectivity index (χ2n) is 12.9. The first-order chi connectivity index (χ1) is 23.8. The molecule has 10 aromatic carbocycles. The van der Waals surface area contributed by atoms with Crippen molar-refractivity contribution >= 4 is 64.6 Å². The van der Waals surface area contributed by atoms with Crippen LogP contribution in [0, 0.1) is 0 Å². The normalized spacial score (nSPS) is 11.8. The number of fused-ring (bicyclic) bond motifs is 8. The standard InChI is InChI=1S/C48H30/c1-2-11-33-25-34(19-17-31(33)9-1)35-20-21-37-27-38(23-22-36(37)26-35)41-28-39-12-4-5-13-42(39)46(30-41)47-29-40-24-18-32-10-3-6-14-43(32)48(40)45-16-8-7-15-44(45)47/h1-30H. The van der Waals surface area contributed by atoms with E-state index in [-0.39, 0.29) is 0 Å². The number of hydrogen-bond donors (Lipinski definition) is 0. The van der Waals surface area contributed by atoms with E-state index in [2.05, 4.69) is 182 Å². The van der Waals surface area contributed by atoms with Crippen molar-refractivity contribution in [1.29, 1.82) is 0 Å². The van der Waals surface area contributed by atoms with E-state index in [0.717, 1.165) is 0 Å². The van der Waals surface area contributed by atoms with Crippen LogP contribution in [0.5, 0.6) is 0 Å². The summed E-state index contributed by atoms with van der Waals surface area (Å²) in [5.41, 5.74) is 7.48. The lowest BCUT2D eigenvalue weighted by Gasteiger charge is -2.16. The first-order valence-corrected chi connectivity index (χ1v) is 16.7. The highest BCUT2D eigenvalue weighted by atomic mass is 14.2. The molecule has 0 atom stereocenters. The van der Waals surface area contributed by atoms with E-state index in [9.17, 15) is 0 Å². The van der Waals surface area contributed by atoms with Crippen molar-refractivity contribution in [3.05, 3.63) is 182 Å². The topological polar surface area (TPSA) is 0 Å². The molecule has 0 saturated carbocycles. The Morgan fingerprint density at radius 1 is 0.208 bits per heavy atom.